The zero-order valence-electron chi connectivity index (χ0n) is 17.2. The van der Waals surface area contributed by atoms with E-state index in [1.807, 2.05) is 6.92 Å². The van der Waals surface area contributed by atoms with Gasteiger partial charge in [-0.3, -0.25) is 19.3 Å². The first-order chi connectivity index (χ1) is 14.9. The summed E-state index contributed by atoms with van der Waals surface area (Å²) in [5.41, 5.74) is 0.962. The minimum absolute atomic E-state index is 0.0143. The fourth-order valence-electron chi connectivity index (χ4n) is 2.75. The van der Waals surface area contributed by atoms with Gasteiger partial charge in [-0.25, -0.2) is 4.39 Å². The lowest BCUT2D eigenvalue weighted by Crippen LogP contribution is -2.35. The van der Waals surface area contributed by atoms with Gasteiger partial charge < -0.3 is 9.47 Å². The number of nitrogens with zero attached hydrogens (tertiary/aromatic N) is 1. The Morgan fingerprint density at radius 1 is 1.16 bits per heavy atom. The predicted octanol–water partition coefficient (Wildman–Crippen LogP) is 4.78. The quantitative estimate of drug-likeness (QED) is 0.432. The maximum Gasteiger partial charge on any atom is 0.326 e. The monoisotopic (exact) mass is 443 g/mol. The molecule has 0 aromatic heterocycles. The smallest absolute Gasteiger partial charge is 0.326 e. The second-order valence-corrected chi connectivity index (χ2v) is 7.89. The van der Waals surface area contributed by atoms with Crippen LogP contribution in [0.4, 0.5) is 9.18 Å². The van der Waals surface area contributed by atoms with Gasteiger partial charge in [0.15, 0.2) is 0 Å². The van der Waals surface area contributed by atoms with Crippen LogP contribution in [0.1, 0.15) is 31.4 Å². The molecule has 162 valence electrons. The lowest BCUT2D eigenvalue weighted by Gasteiger charge is -2.15. The van der Waals surface area contributed by atoms with Crippen molar-refractivity contribution in [3.05, 3.63) is 70.4 Å². The van der Waals surface area contributed by atoms with Gasteiger partial charge in [-0.05, 0) is 43.3 Å². The molecule has 0 saturated carbocycles. The second-order valence-electron chi connectivity index (χ2n) is 6.89. The zero-order chi connectivity index (χ0) is 22.4. The minimum Gasteiger partial charge on any atom is -0.488 e. The van der Waals surface area contributed by atoms with E-state index in [0.717, 1.165) is 16.7 Å². The zero-order valence-corrected chi connectivity index (χ0v) is 18.0. The van der Waals surface area contributed by atoms with Crippen molar-refractivity contribution < 1.29 is 28.2 Å². The summed E-state index contributed by atoms with van der Waals surface area (Å²) < 4.78 is 24.7. The van der Waals surface area contributed by atoms with Crippen molar-refractivity contribution in [2.24, 2.45) is 0 Å². The Kier molecular flexibility index (Phi) is 7.46. The summed E-state index contributed by atoms with van der Waals surface area (Å²) in [6.07, 6.45) is 1.88. The molecule has 0 bridgehead atoms. The largest absolute Gasteiger partial charge is 0.488 e. The van der Waals surface area contributed by atoms with E-state index in [1.54, 1.807) is 49.4 Å². The number of hydrogen-bond donors (Lipinski definition) is 0. The molecule has 1 aliphatic heterocycles. The number of rotatable bonds is 8. The molecule has 3 rings (SSSR count). The summed E-state index contributed by atoms with van der Waals surface area (Å²) in [4.78, 5) is 37.9. The molecule has 6 nitrogen and oxygen atoms in total. The van der Waals surface area contributed by atoms with Gasteiger partial charge >= 0.3 is 5.97 Å². The summed E-state index contributed by atoms with van der Waals surface area (Å²) in [6, 6.07) is 13.2. The fraction of sp³-hybridized carbons (Fsp3) is 0.261. The number of esters is 1. The van der Waals surface area contributed by atoms with Crippen molar-refractivity contribution in [2.45, 2.75) is 33.0 Å². The van der Waals surface area contributed by atoms with Gasteiger partial charge in [-0.15, -0.1) is 0 Å². The molecule has 2 aromatic rings. The second kappa shape index (κ2) is 10.3. The van der Waals surface area contributed by atoms with Crippen LogP contribution in [0.2, 0.25) is 0 Å². The minimum atomic E-state index is -0.633. The van der Waals surface area contributed by atoms with Crippen molar-refractivity contribution >= 4 is 35.0 Å². The number of carbonyl (C=O) groups excluding carboxylic acids is 3. The Labute approximate surface area is 184 Å². The number of carbonyl (C=O) groups is 3. The summed E-state index contributed by atoms with van der Waals surface area (Å²) in [5.74, 6) is -1.13. The fourth-order valence-corrected chi connectivity index (χ4v) is 3.58. The highest BCUT2D eigenvalue weighted by Crippen LogP contribution is 2.34. The van der Waals surface area contributed by atoms with Gasteiger partial charge in [-0.2, -0.15) is 0 Å². The first-order valence-corrected chi connectivity index (χ1v) is 10.6. The molecular weight excluding hydrogens is 421 g/mol. The van der Waals surface area contributed by atoms with Crippen LogP contribution in [-0.4, -0.2) is 34.7 Å². The molecule has 1 aliphatic rings. The molecule has 2 amide bonds. The predicted molar refractivity (Wildman–Crippen MR) is 116 cm³/mol. The van der Waals surface area contributed by atoms with E-state index >= 15 is 0 Å². The third kappa shape index (κ3) is 5.73. The summed E-state index contributed by atoms with van der Waals surface area (Å²) >= 11 is 0.744. The van der Waals surface area contributed by atoms with E-state index in [4.69, 9.17) is 9.47 Å². The third-order valence-corrected chi connectivity index (χ3v) is 5.52. The summed E-state index contributed by atoms with van der Waals surface area (Å²) in [5, 5.41) is -0.540. The van der Waals surface area contributed by atoms with Crippen LogP contribution in [-0.2, 0) is 20.9 Å². The molecule has 8 heteroatoms. The highest BCUT2D eigenvalue weighted by Gasteiger charge is 2.37. The summed E-state index contributed by atoms with van der Waals surface area (Å²) in [7, 11) is 0. The van der Waals surface area contributed by atoms with Gasteiger partial charge in [0.2, 0.25) is 0 Å². The Balaban J connectivity index is 1.73. The number of imide groups is 1. The molecule has 1 heterocycles. The molecule has 0 spiro atoms. The SMILES string of the molecule is CC[C@H](C)OC(=O)CN1C(=O)S/C(=C/c2ccccc2OCc2ccccc2F)C1=O. The average molecular weight is 443 g/mol. The van der Waals surface area contributed by atoms with Crippen molar-refractivity contribution in [2.75, 3.05) is 6.54 Å². The normalized spacial score (nSPS) is 16.0. The van der Waals surface area contributed by atoms with Crippen LogP contribution in [0.5, 0.6) is 5.75 Å². The molecule has 2 aromatic carbocycles. The number of amides is 2. The molecule has 1 atom stereocenters. The van der Waals surface area contributed by atoms with E-state index in [1.165, 1.54) is 12.1 Å². The lowest BCUT2D eigenvalue weighted by molar-refractivity contribution is -0.150. The van der Waals surface area contributed by atoms with Crippen LogP contribution in [0.15, 0.2) is 53.4 Å². The highest BCUT2D eigenvalue weighted by molar-refractivity contribution is 8.18. The van der Waals surface area contributed by atoms with Crippen LogP contribution in [0.3, 0.4) is 0 Å². The first kappa shape index (κ1) is 22.6. The molecule has 0 radical (unpaired) electrons. The van der Waals surface area contributed by atoms with Crippen LogP contribution in [0.25, 0.3) is 6.08 Å². The number of halogens is 1. The van der Waals surface area contributed by atoms with Crippen LogP contribution < -0.4 is 4.74 Å². The molecule has 1 fully saturated rings. The van der Waals surface area contributed by atoms with Crippen molar-refractivity contribution in [3.8, 4) is 5.75 Å². The average Bonchev–Trinajstić information content (AvgIpc) is 3.01. The maximum atomic E-state index is 13.8. The topological polar surface area (TPSA) is 72.9 Å². The van der Waals surface area contributed by atoms with Crippen molar-refractivity contribution in [1.29, 1.82) is 0 Å². The van der Waals surface area contributed by atoms with E-state index in [0.29, 0.717) is 23.3 Å². The van der Waals surface area contributed by atoms with E-state index < -0.39 is 23.7 Å². The number of para-hydroxylation sites is 1. The highest BCUT2D eigenvalue weighted by atomic mass is 32.2. The third-order valence-electron chi connectivity index (χ3n) is 4.61. The number of hydrogen-bond acceptors (Lipinski definition) is 6. The molecule has 31 heavy (non-hydrogen) atoms. The maximum absolute atomic E-state index is 13.8. The molecule has 0 N–H and O–H groups in total. The van der Waals surface area contributed by atoms with E-state index in [-0.39, 0.29) is 23.4 Å². The summed E-state index contributed by atoms with van der Waals surface area (Å²) in [6.45, 7) is 3.19. The van der Waals surface area contributed by atoms with Gasteiger partial charge in [0, 0.05) is 11.1 Å². The van der Waals surface area contributed by atoms with Gasteiger partial charge in [0.1, 0.15) is 24.7 Å². The Hall–Kier alpha value is -3.13. The van der Waals surface area contributed by atoms with E-state index in [2.05, 4.69) is 0 Å². The van der Waals surface area contributed by atoms with Crippen molar-refractivity contribution in [1.82, 2.24) is 4.90 Å². The molecular formula is C23H22FNO5S. The molecule has 1 saturated heterocycles. The van der Waals surface area contributed by atoms with Gasteiger partial charge in [-0.1, -0.05) is 43.3 Å². The Morgan fingerprint density at radius 3 is 2.61 bits per heavy atom. The number of benzene rings is 2. The molecule has 0 aliphatic carbocycles. The van der Waals surface area contributed by atoms with Crippen molar-refractivity contribution in [3.63, 3.8) is 0 Å². The van der Waals surface area contributed by atoms with Crippen LogP contribution in [0, 0.1) is 5.82 Å². The van der Waals surface area contributed by atoms with Crippen LogP contribution >= 0.6 is 11.8 Å². The Bertz CT molecular complexity index is 1020. The van der Waals surface area contributed by atoms with E-state index in [9.17, 15) is 18.8 Å². The number of ether oxygens (including phenoxy) is 2. The number of thioether (sulfide) groups is 1. The van der Waals surface area contributed by atoms with Gasteiger partial charge in [0.25, 0.3) is 11.1 Å². The lowest BCUT2D eigenvalue weighted by atomic mass is 10.1. The molecule has 0 unspecified atom stereocenters. The standard InChI is InChI=1S/C23H22FNO5S/c1-3-15(2)30-21(26)13-25-22(27)20(31-23(25)28)12-16-8-5-7-11-19(16)29-14-17-9-4-6-10-18(17)24/h4-12,15H,3,13-14H2,1-2H3/b20-12+/t15-/m0/s1. The first-order valence-electron chi connectivity index (χ1n) is 9.79. The Morgan fingerprint density at radius 2 is 1.87 bits per heavy atom. The van der Waals surface area contributed by atoms with Gasteiger partial charge in [0.05, 0.1) is 11.0 Å².